The third kappa shape index (κ3) is 2.38. The number of fused-ring (bicyclic) bond motifs is 1. The van der Waals surface area contributed by atoms with E-state index in [1.54, 1.807) is 11.3 Å². The third-order valence-electron chi connectivity index (χ3n) is 3.16. The number of aromatic nitrogens is 1. The summed E-state index contributed by atoms with van der Waals surface area (Å²) in [6, 6.07) is 0.231. The van der Waals surface area contributed by atoms with E-state index in [9.17, 15) is 0 Å². The van der Waals surface area contributed by atoms with Crippen LogP contribution in [0.15, 0.2) is 0 Å². The summed E-state index contributed by atoms with van der Waals surface area (Å²) in [7, 11) is 2.13. The molecule has 0 fully saturated rings. The average Bonchev–Trinajstić information content (AvgIpc) is 2.71. The van der Waals surface area contributed by atoms with Crippen LogP contribution in [0.3, 0.4) is 0 Å². The van der Waals surface area contributed by atoms with Crippen molar-refractivity contribution >= 4 is 16.5 Å². The minimum absolute atomic E-state index is 0.231. The van der Waals surface area contributed by atoms with Gasteiger partial charge in [0.05, 0.1) is 5.69 Å². The number of aryl methyl sites for hydroxylation is 1. The molecule has 1 atom stereocenters. The summed E-state index contributed by atoms with van der Waals surface area (Å²) in [6.07, 6.45) is 5.88. The number of thiazole rings is 1. The summed E-state index contributed by atoms with van der Waals surface area (Å²) < 4.78 is 0. The van der Waals surface area contributed by atoms with Crippen LogP contribution in [0.4, 0.5) is 5.13 Å². The molecule has 4 heteroatoms. The van der Waals surface area contributed by atoms with Gasteiger partial charge >= 0.3 is 0 Å². The smallest absolute Gasteiger partial charge is 0.185 e. The van der Waals surface area contributed by atoms with E-state index in [-0.39, 0.29) is 6.04 Å². The lowest BCUT2D eigenvalue weighted by atomic mass is 9.99. The summed E-state index contributed by atoms with van der Waals surface area (Å²) in [5.74, 6) is 0. The zero-order valence-corrected chi connectivity index (χ0v) is 11.0. The van der Waals surface area contributed by atoms with Crippen LogP contribution in [0.25, 0.3) is 0 Å². The lowest BCUT2D eigenvalue weighted by Gasteiger charge is -2.15. The minimum atomic E-state index is 0.231. The molecule has 2 rings (SSSR count). The molecule has 0 bridgehead atoms. The molecule has 16 heavy (non-hydrogen) atoms. The van der Waals surface area contributed by atoms with Crippen LogP contribution in [0, 0.1) is 0 Å². The number of nitrogens with zero attached hydrogens (tertiary/aromatic N) is 2. The number of hydrogen-bond acceptors (Lipinski definition) is 4. The van der Waals surface area contributed by atoms with E-state index in [2.05, 4.69) is 18.9 Å². The summed E-state index contributed by atoms with van der Waals surface area (Å²) in [4.78, 5) is 8.31. The highest BCUT2D eigenvalue weighted by molar-refractivity contribution is 7.15. The van der Waals surface area contributed by atoms with Crippen LogP contribution in [0.5, 0.6) is 0 Å². The number of anilines is 1. The van der Waals surface area contributed by atoms with E-state index in [4.69, 9.17) is 10.7 Å². The largest absolute Gasteiger partial charge is 0.351 e. The Labute approximate surface area is 102 Å². The Kier molecular flexibility index (Phi) is 3.82. The van der Waals surface area contributed by atoms with Gasteiger partial charge in [0, 0.05) is 24.5 Å². The SMILES string of the molecule is CCCCN(C)c1nc2c(s1)C(N)CCC2. The molecular formula is C12H21N3S. The summed E-state index contributed by atoms with van der Waals surface area (Å²) >= 11 is 1.79. The van der Waals surface area contributed by atoms with E-state index in [1.807, 2.05) is 0 Å². The van der Waals surface area contributed by atoms with Gasteiger partial charge < -0.3 is 10.6 Å². The van der Waals surface area contributed by atoms with Gasteiger partial charge in [-0.15, -0.1) is 11.3 Å². The lowest BCUT2D eigenvalue weighted by molar-refractivity contribution is 0.573. The molecule has 1 aliphatic rings. The first-order chi connectivity index (χ1) is 7.72. The zero-order chi connectivity index (χ0) is 11.5. The Hall–Kier alpha value is -0.610. The van der Waals surface area contributed by atoms with E-state index in [0.29, 0.717) is 0 Å². The molecule has 0 aliphatic heterocycles. The molecule has 3 nitrogen and oxygen atoms in total. The molecule has 1 unspecified atom stereocenters. The van der Waals surface area contributed by atoms with Gasteiger partial charge in [-0.1, -0.05) is 13.3 Å². The Morgan fingerprint density at radius 3 is 3.06 bits per heavy atom. The molecule has 2 N–H and O–H groups in total. The van der Waals surface area contributed by atoms with Gasteiger partial charge in [-0.3, -0.25) is 0 Å². The summed E-state index contributed by atoms with van der Waals surface area (Å²) in [5.41, 5.74) is 7.36. The molecule has 90 valence electrons. The van der Waals surface area contributed by atoms with Gasteiger partial charge in [-0.2, -0.15) is 0 Å². The van der Waals surface area contributed by atoms with Crippen molar-refractivity contribution in [3.05, 3.63) is 10.6 Å². The maximum absolute atomic E-state index is 6.11. The average molecular weight is 239 g/mol. The van der Waals surface area contributed by atoms with Gasteiger partial charge in [0.25, 0.3) is 0 Å². The van der Waals surface area contributed by atoms with Crippen molar-refractivity contribution in [3.8, 4) is 0 Å². The van der Waals surface area contributed by atoms with Gasteiger partial charge in [-0.05, 0) is 25.7 Å². The quantitative estimate of drug-likeness (QED) is 0.878. The van der Waals surface area contributed by atoms with Crippen LogP contribution in [-0.4, -0.2) is 18.6 Å². The van der Waals surface area contributed by atoms with Crippen molar-refractivity contribution in [1.82, 2.24) is 4.98 Å². The fraction of sp³-hybridized carbons (Fsp3) is 0.750. The van der Waals surface area contributed by atoms with Crippen molar-refractivity contribution in [1.29, 1.82) is 0 Å². The van der Waals surface area contributed by atoms with Gasteiger partial charge in [-0.25, -0.2) is 4.98 Å². The van der Waals surface area contributed by atoms with Crippen molar-refractivity contribution < 1.29 is 0 Å². The molecule has 0 amide bonds. The van der Waals surface area contributed by atoms with Gasteiger partial charge in [0.1, 0.15) is 0 Å². The number of rotatable bonds is 4. The van der Waals surface area contributed by atoms with Gasteiger partial charge in [0.2, 0.25) is 0 Å². The molecule has 0 saturated carbocycles. The topological polar surface area (TPSA) is 42.2 Å². The second-order valence-corrected chi connectivity index (χ2v) is 5.59. The normalized spacial score (nSPS) is 19.6. The van der Waals surface area contributed by atoms with Gasteiger partial charge in [0.15, 0.2) is 5.13 Å². The van der Waals surface area contributed by atoms with Crippen LogP contribution in [0.2, 0.25) is 0 Å². The van der Waals surface area contributed by atoms with Crippen molar-refractivity contribution in [2.45, 2.75) is 45.1 Å². The maximum Gasteiger partial charge on any atom is 0.185 e. The second kappa shape index (κ2) is 5.15. The lowest BCUT2D eigenvalue weighted by Crippen LogP contribution is -2.18. The first-order valence-electron chi connectivity index (χ1n) is 6.18. The fourth-order valence-corrected chi connectivity index (χ4v) is 3.23. The predicted octanol–water partition coefficient (Wildman–Crippen LogP) is 2.72. The first-order valence-corrected chi connectivity index (χ1v) is 7.00. The highest BCUT2D eigenvalue weighted by Crippen LogP contribution is 2.35. The van der Waals surface area contributed by atoms with E-state index in [1.165, 1.54) is 29.8 Å². The van der Waals surface area contributed by atoms with Crippen LogP contribution >= 0.6 is 11.3 Å². The third-order valence-corrected chi connectivity index (χ3v) is 4.50. The minimum Gasteiger partial charge on any atom is -0.351 e. The summed E-state index contributed by atoms with van der Waals surface area (Å²) in [6.45, 7) is 3.31. The monoisotopic (exact) mass is 239 g/mol. The van der Waals surface area contributed by atoms with Crippen molar-refractivity contribution in [3.63, 3.8) is 0 Å². The number of unbranched alkanes of at least 4 members (excludes halogenated alkanes) is 1. The molecular weight excluding hydrogens is 218 g/mol. The van der Waals surface area contributed by atoms with E-state index in [0.717, 1.165) is 24.5 Å². The molecule has 1 aromatic rings. The molecule has 1 heterocycles. The van der Waals surface area contributed by atoms with Crippen molar-refractivity contribution in [2.24, 2.45) is 5.73 Å². The zero-order valence-electron chi connectivity index (χ0n) is 10.2. The Morgan fingerprint density at radius 2 is 2.38 bits per heavy atom. The van der Waals surface area contributed by atoms with Crippen LogP contribution in [-0.2, 0) is 6.42 Å². The number of nitrogens with two attached hydrogens (primary N) is 1. The van der Waals surface area contributed by atoms with Crippen LogP contribution < -0.4 is 10.6 Å². The molecule has 0 aromatic carbocycles. The number of hydrogen-bond donors (Lipinski definition) is 1. The molecule has 1 aromatic heterocycles. The Morgan fingerprint density at radius 1 is 1.56 bits per heavy atom. The fourth-order valence-electron chi connectivity index (χ4n) is 2.09. The standard InChI is InChI=1S/C12H21N3S/c1-3-4-8-15(2)12-14-10-7-5-6-9(13)11(10)16-12/h9H,3-8,13H2,1-2H3. The second-order valence-electron chi connectivity index (χ2n) is 4.58. The molecule has 0 radical (unpaired) electrons. The molecule has 0 saturated heterocycles. The first kappa shape index (κ1) is 11.9. The van der Waals surface area contributed by atoms with Crippen molar-refractivity contribution in [2.75, 3.05) is 18.5 Å². The molecule has 0 spiro atoms. The maximum atomic E-state index is 6.11. The molecule has 1 aliphatic carbocycles. The highest BCUT2D eigenvalue weighted by Gasteiger charge is 2.22. The van der Waals surface area contributed by atoms with E-state index >= 15 is 0 Å². The Balaban J connectivity index is 2.11. The van der Waals surface area contributed by atoms with Crippen LogP contribution in [0.1, 0.15) is 49.2 Å². The predicted molar refractivity (Wildman–Crippen MR) is 70.2 cm³/mol. The summed E-state index contributed by atoms with van der Waals surface area (Å²) in [5, 5.41) is 1.15. The Bertz CT molecular complexity index is 348. The van der Waals surface area contributed by atoms with E-state index < -0.39 is 0 Å². The highest BCUT2D eigenvalue weighted by atomic mass is 32.1.